The molecule has 0 spiro atoms. The molecule has 0 saturated carbocycles. The zero-order chi connectivity index (χ0) is 20.3. The fourth-order valence-corrected chi connectivity index (χ4v) is 3.92. The number of fused-ring (bicyclic) bond motifs is 1. The van der Waals surface area contributed by atoms with Crippen LogP contribution in [0.4, 0.5) is 0 Å². The van der Waals surface area contributed by atoms with E-state index in [1.54, 1.807) is 23.3 Å². The number of thiazole rings is 1. The van der Waals surface area contributed by atoms with Crippen molar-refractivity contribution in [2.24, 2.45) is 0 Å². The lowest BCUT2D eigenvalue weighted by molar-refractivity contribution is -0.152. The van der Waals surface area contributed by atoms with Crippen molar-refractivity contribution in [3.05, 3.63) is 46.3 Å². The Balaban J connectivity index is 1.51. The van der Waals surface area contributed by atoms with E-state index in [2.05, 4.69) is 10.1 Å². The van der Waals surface area contributed by atoms with Crippen molar-refractivity contribution in [3.63, 3.8) is 0 Å². The number of carbonyl (C=O) groups is 2. The maximum atomic E-state index is 12.4. The van der Waals surface area contributed by atoms with Crippen LogP contribution in [0.2, 0.25) is 0 Å². The molecule has 0 saturated heterocycles. The summed E-state index contributed by atoms with van der Waals surface area (Å²) in [5, 5.41) is 4.71. The Morgan fingerprint density at radius 2 is 2.04 bits per heavy atom. The van der Waals surface area contributed by atoms with Crippen LogP contribution < -0.4 is 0 Å². The van der Waals surface area contributed by atoms with E-state index in [9.17, 15) is 9.59 Å². The van der Waals surface area contributed by atoms with Gasteiger partial charge in [-0.2, -0.15) is 0 Å². The summed E-state index contributed by atoms with van der Waals surface area (Å²) >= 11 is 1.56. The Morgan fingerprint density at radius 3 is 2.71 bits per heavy atom. The number of hydrogen-bond donors (Lipinski definition) is 0. The zero-order valence-corrected chi connectivity index (χ0v) is 17.2. The molecule has 28 heavy (non-hydrogen) atoms. The third-order valence-corrected chi connectivity index (χ3v) is 5.97. The van der Waals surface area contributed by atoms with Gasteiger partial charge in [-0.05, 0) is 39.3 Å². The van der Waals surface area contributed by atoms with Crippen molar-refractivity contribution >= 4 is 33.4 Å². The number of nitrogens with zero attached hydrogens (tertiary/aromatic N) is 3. The van der Waals surface area contributed by atoms with Crippen molar-refractivity contribution in [3.8, 4) is 0 Å². The fourth-order valence-electron chi connectivity index (χ4n) is 2.85. The van der Waals surface area contributed by atoms with Gasteiger partial charge in [-0.1, -0.05) is 17.3 Å². The Morgan fingerprint density at radius 1 is 1.29 bits per heavy atom. The van der Waals surface area contributed by atoms with Crippen LogP contribution in [0.25, 0.3) is 10.2 Å². The molecule has 0 aliphatic heterocycles. The molecule has 0 aliphatic carbocycles. The lowest BCUT2D eigenvalue weighted by Crippen LogP contribution is -2.33. The molecular weight excluding hydrogens is 378 g/mol. The molecule has 0 fully saturated rings. The van der Waals surface area contributed by atoms with Gasteiger partial charge in [0.15, 0.2) is 6.61 Å². The molecule has 1 aromatic carbocycles. The fraction of sp³-hybridized carbons (Fsp3) is 0.400. The Labute approximate surface area is 167 Å². The van der Waals surface area contributed by atoms with Crippen LogP contribution in [0.15, 0.2) is 28.8 Å². The Bertz CT molecular complexity index is 942. The molecule has 0 unspecified atom stereocenters. The standard InChI is InChI=1S/C20H23N3O4S/c1-12-15(14(3)27-22-12)9-10-19(25)26-11-18(24)23(4)13(2)20-21-16-7-5-6-8-17(16)28-20/h5-8,13H,9-11H2,1-4H3/t13-/m0/s1. The first-order valence-corrected chi connectivity index (χ1v) is 9.87. The van der Waals surface area contributed by atoms with Crippen molar-refractivity contribution < 1.29 is 18.8 Å². The molecule has 148 valence electrons. The summed E-state index contributed by atoms with van der Waals surface area (Å²) in [4.78, 5) is 30.6. The van der Waals surface area contributed by atoms with Crippen molar-refractivity contribution in [2.75, 3.05) is 13.7 Å². The molecule has 0 aliphatic rings. The molecule has 2 heterocycles. The minimum atomic E-state index is -0.422. The van der Waals surface area contributed by atoms with E-state index in [0.717, 1.165) is 26.5 Å². The lowest BCUT2D eigenvalue weighted by atomic mass is 10.1. The molecule has 7 nitrogen and oxygen atoms in total. The van der Waals surface area contributed by atoms with E-state index in [4.69, 9.17) is 9.26 Å². The number of aryl methyl sites for hydroxylation is 2. The van der Waals surface area contributed by atoms with Crippen LogP contribution in [0.1, 0.15) is 41.4 Å². The molecule has 2 aromatic heterocycles. The summed E-state index contributed by atoms with van der Waals surface area (Å²) in [6, 6.07) is 7.65. The van der Waals surface area contributed by atoms with E-state index in [-0.39, 0.29) is 25.0 Å². The van der Waals surface area contributed by atoms with Crippen molar-refractivity contribution in [1.82, 2.24) is 15.0 Å². The second kappa shape index (κ2) is 8.52. The number of hydrogen-bond acceptors (Lipinski definition) is 7. The van der Waals surface area contributed by atoms with E-state index in [0.29, 0.717) is 12.2 Å². The van der Waals surface area contributed by atoms with Crippen LogP contribution in [0, 0.1) is 13.8 Å². The maximum Gasteiger partial charge on any atom is 0.306 e. The van der Waals surface area contributed by atoms with Gasteiger partial charge in [0, 0.05) is 19.0 Å². The largest absolute Gasteiger partial charge is 0.456 e. The molecule has 1 atom stereocenters. The van der Waals surface area contributed by atoms with E-state index < -0.39 is 5.97 Å². The molecule has 3 aromatic rings. The average molecular weight is 401 g/mol. The second-order valence-electron chi connectivity index (χ2n) is 6.66. The molecule has 3 rings (SSSR count). The molecule has 0 radical (unpaired) electrons. The summed E-state index contributed by atoms with van der Waals surface area (Å²) in [7, 11) is 1.69. The maximum absolute atomic E-state index is 12.4. The Hall–Kier alpha value is -2.74. The molecule has 1 amide bonds. The second-order valence-corrected chi connectivity index (χ2v) is 7.73. The summed E-state index contributed by atoms with van der Waals surface area (Å²) in [5.74, 6) is 0.0117. The van der Waals surface area contributed by atoms with Gasteiger partial charge in [0.25, 0.3) is 5.91 Å². The highest BCUT2D eigenvalue weighted by atomic mass is 32.1. The van der Waals surface area contributed by atoms with E-state index in [1.807, 2.05) is 45.0 Å². The number of carbonyl (C=O) groups excluding carboxylic acids is 2. The number of likely N-dealkylation sites (N-methyl/N-ethyl adjacent to an activating group) is 1. The highest BCUT2D eigenvalue weighted by molar-refractivity contribution is 7.18. The summed E-state index contributed by atoms with van der Waals surface area (Å²) in [6.45, 7) is 5.27. The first-order valence-electron chi connectivity index (χ1n) is 9.05. The first-order chi connectivity index (χ1) is 13.4. The SMILES string of the molecule is Cc1noc(C)c1CCC(=O)OCC(=O)N(C)[C@@H](C)c1nc2ccccc2s1. The highest BCUT2D eigenvalue weighted by Gasteiger charge is 2.22. The van der Waals surface area contributed by atoms with Gasteiger partial charge in [0.2, 0.25) is 0 Å². The number of esters is 1. The van der Waals surface area contributed by atoms with Gasteiger partial charge in [0.1, 0.15) is 10.8 Å². The topological polar surface area (TPSA) is 85.5 Å². The lowest BCUT2D eigenvalue weighted by Gasteiger charge is -2.23. The molecule has 8 heteroatoms. The van der Waals surface area contributed by atoms with Gasteiger partial charge in [-0.25, -0.2) is 4.98 Å². The van der Waals surface area contributed by atoms with E-state index >= 15 is 0 Å². The first kappa shape index (κ1) is 20.0. The van der Waals surface area contributed by atoms with Crippen molar-refractivity contribution in [2.45, 2.75) is 39.7 Å². The van der Waals surface area contributed by atoms with Gasteiger partial charge in [0.05, 0.1) is 22.0 Å². The third kappa shape index (κ3) is 4.39. The molecule has 0 N–H and O–H groups in total. The van der Waals surface area contributed by atoms with Gasteiger partial charge in [-0.15, -0.1) is 11.3 Å². The smallest absolute Gasteiger partial charge is 0.306 e. The number of para-hydroxylation sites is 1. The number of benzene rings is 1. The Kier molecular flexibility index (Phi) is 6.08. The van der Waals surface area contributed by atoms with Crippen LogP contribution >= 0.6 is 11.3 Å². The van der Waals surface area contributed by atoms with Crippen LogP contribution in [0.3, 0.4) is 0 Å². The summed E-state index contributed by atoms with van der Waals surface area (Å²) in [5.41, 5.74) is 2.59. The molecule has 0 bridgehead atoms. The predicted molar refractivity (Wildman–Crippen MR) is 106 cm³/mol. The monoisotopic (exact) mass is 401 g/mol. The third-order valence-electron chi connectivity index (χ3n) is 4.76. The van der Waals surface area contributed by atoms with Crippen LogP contribution in [0.5, 0.6) is 0 Å². The van der Waals surface area contributed by atoms with E-state index in [1.165, 1.54) is 0 Å². The van der Waals surface area contributed by atoms with Crippen LogP contribution in [-0.2, 0) is 20.7 Å². The minimum Gasteiger partial charge on any atom is -0.456 e. The normalized spacial score (nSPS) is 12.1. The zero-order valence-electron chi connectivity index (χ0n) is 16.4. The van der Waals surface area contributed by atoms with Gasteiger partial charge < -0.3 is 14.2 Å². The number of amides is 1. The van der Waals surface area contributed by atoms with Crippen molar-refractivity contribution in [1.29, 1.82) is 0 Å². The van der Waals surface area contributed by atoms with Crippen LogP contribution in [-0.4, -0.2) is 40.6 Å². The van der Waals surface area contributed by atoms with Gasteiger partial charge in [-0.3, -0.25) is 9.59 Å². The molecular formula is C20H23N3O4S. The summed E-state index contributed by atoms with van der Waals surface area (Å²) in [6.07, 6.45) is 0.652. The predicted octanol–water partition coefficient (Wildman–Crippen LogP) is 3.60. The quantitative estimate of drug-likeness (QED) is 0.563. The average Bonchev–Trinajstić information content (AvgIpc) is 3.26. The number of rotatable bonds is 7. The summed E-state index contributed by atoms with van der Waals surface area (Å²) < 4.78 is 11.3. The minimum absolute atomic E-state index is 0.174. The number of ether oxygens (including phenoxy) is 1. The highest BCUT2D eigenvalue weighted by Crippen LogP contribution is 2.28. The number of aromatic nitrogens is 2. The van der Waals surface area contributed by atoms with Gasteiger partial charge >= 0.3 is 5.97 Å².